The third-order valence-corrected chi connectivity index (χ3v) is 8.14. The van der Waals surface area contributed by atoms with Crippen molar-refractivity contribution in [1.29, 1.82) is 0 Å². The van der Waals surface area contributed by atoms with E-state index in [2.05, 4.69) is 46.3 Å². The number of fused-ring (bicyclic) bond motifs is 1. The van der Waals surface area contributed by atoms with Crippen molar-refractivity contribution in [2.24, 2.45) is 0 Å². The highest BCUT2D eigenvalue weighted by Crippen LogP contribution is 2.34. The number of carbonyl (C=O) groups is 2. The number of para-hydroxylation sites is 1. The smallest absolute Gasteiger partial charge is 0.221 e. The normalized spacial score (nSPS) is 16.5. The molecule has 2 amide bonds. The predicted octanol–water partition coefficient (Wildman–Crippen LogP) is 3.56. The topological polar surface area (TPSA) is 93.9 Å². The lowest BCUT2D eigenvalue weighted by Gasteiger charge is -2.37. The van der Waals surface area contributed by atoms with Crippen LogP contribution in [-0.4, -0.2) is 81.9 Å². The van der Waals surface area contributed by atoms with E-state index in [-0.39, 0.29) is 11.8 Å². The molecule has 0 spiro atoms. The number of nitrogens with one attached hydrogen (secondary N) is 1. The molecule has 2 aromatic carbocycles. The molecule has 2 aliphatic rings. The van der Waals surface area contributed by atoms with Crippen molar-refractivity contribution in [3.63, 3.8) is 0 Å². The lowest BCUT2D eigenvalue weighted by Crippen LogP contribution is -2.49. The number of carbonyl (C=O) groups excluding carboxylic acids is 2. The van der Waals surface area contributed by atoms with Gasteiger partial charge in [0.1, 0.15) is 0 Å². The van der Waals surface area contributed by atoms with E-state index < -0.39 is 6.10 Å². The molecule has 0 radical (unpaired) electrons. The number of hydrogen-bond donors (Lipinski definition) is 2. The molecule has 3 heterocycles. The number of aliphatic hydroxyl groups is 1. The molecule has 2 N–H and O–H groups in total. The van der Waals surface area contributed by atoms with Gasteiger partial charge in [0.25, 0.3) is 0 Å². The summed E-state index contributed by atoms with van der Waals surface area (Å²) in [5.74, 6) is -0.193. The van der Waals surface area contributed by atoms with Gasteiger partial charge < -0.3 is 20.2 Å². The Bertz CT molecular complexity index is 1400. The highest BCUT2D eigenvalue weighted by atomic mass is 35.5. The second-order valence-corrected chi connectivity index (χ2v) is 11.2. The summed E-state index contributed by atoms with van der Waals surface area (Å²) in [5.41, 5.74) is 6.62. The molecule has 1 saturated heterocycles. The quantitative estimate of drug-likeness (QED) is 0.456. The lowest BCUT2D eigenvalue weighted by molar-refractivity contribution is -0.129. The van der Waals surface area contributed by atoms with Gasteiger partial charge in [0, 0.05) is 88.6 Å². The Hall–Kier alpha value is -3.40. The van der Waals surface area contributed by atoms with Gasteiger partial charge in [-0.1, -0.05) is 35.9 Å². The van der Waals surface area contributed by atoms with Gasteiger partial charge in [-0.3, -0.25) is 19.2 Å². The monoisotopic (exact) mass is 564 g/mol. The highest BCUT2D eigenvalue weighted by molar-refractivity contribution is 6.33. The van der Waals surface area contributed by atoms with Crippen LogP contribution in [0.1, 0.15) is 30.7 Å². The second-order valence-electron chi connectivity index (χ2n) is 10.8. The molecule has 2 aliphatic heterocycles. The number of halogens is 1. The molecule has 0 aliphatic carbocycles. The summed E-state index contributed by atoms with van der Waals surface area (Å²) >= 11 is 6.32. The fraction of sp³-hybridized carbons (Fsp3) is 0.433. The van der Waals surface area contributed by atoms with Crippen LogP contribution >= 0.6 is 11.6 Å². The van der Waals surface area contributed by atoms with Crippen molar-refractivity contribution in [3.05, 3.63) is 64.3 Å². The van der Waals surface area contributed by atoms with Crippen LogP contribution in [0, 0.1) is 6.92 Å². The number of β-amino-alcohol motifs (C(OH)–C–C–N with tert-alkyl or cyclic N) is 1. The summed E-state index contributed by atoms with van der Waals surface area (Å²) in [4.78, 5) is 30.4. The zero-order chi connectivity index (χ0) is 28.4. The van der Waals surface area contributed by atoms with Crippen LogP contribution in [0.2, 0.25) is 5.02 Å². The summed E-state index contributed by atoms with van der Waals surface area (Å²) in [6, 6.07) is 13.9. The number of benzene rings is 2. The van der Waals surface area contributed by atoms with E-state index in [9.17, 15) is 14.7 Å². The molecule has 9 nitrogen and oxygen atoms in total. The average molecular weight is 565 g/mol. The molecule has 1 aromatic heterocycles. The first-order valence-corrected chi connectivity index (χ1v) is 14.2. The Kier molecular flexibility index (Phi) is 8.44. The van der Waals surface area contributed by atoms with Crippen LogP contribution < -0.4 is 10.2 Å². The molecule has 212 valence electrons. The molecule has 0 saturated carbocycles. The van der Waals surface area contributed by atoms with Crippen LogP contribution in [0.25, 0.3) is 11.3 Å². The van der Waals surface area contributed by atoms with Gasteiger partial charge in [-0.05, 0) is 30.7 Å². The molecule has 1 atom stereocenters. The number of nitrogens with zero attached hydrogens (tertiary/aromatic N) is 5. The molecule has 1 fully saturated rings. The van der Waals surface area contributed by atoms with Gasteiger partial charge in [0.2, 0.25) is 11.8 Å². The maximum absolute atomic E-state index is 12.2. The third kappa shape index (κ3) is 6.16. The molecule has 10 heteroatoms. The molecule has 1 unspecified atom stereocenters. The Balaban J connectivity index is 1.32. The minimum absolute atomic E-state index is 0.0178. The molecular weight excluding hydrogens is 528 g/mol. The summed E-state index contributed by atoms with van der Waals surface area (Å²) in [6.45, 7) is 10.8. The van der Waals surface area contributed by atoms with Crippen molar-refractivity contribution in [1.82, 2.24) is 19.6 Å². The van der Waals surface area contributed by atoms with E-state index in [0.29, 0.717) is 43.3 Å². The van der Waals surface area contributed by atoms with E-state index in [0.717, 1.165) is 48.7 Å². The van der Waals surface area contributed by atoms with E-state index >= 15 is 0 Å². The fourth-order valence-electron chi connectivity index (χ4n) is 5.75. The van der Waals surface area contributed by atoms with Gasteiger partial charge in [-0.2, -0.15) is 5.10 Å². The minimum atomic E-state index is -0.590. The Labute approximate surface area is 240 Å². The van der Waals surface area contributed by atoms with E-state index in [1.165, 1.54) is 18.2 Å². The van der Waals surface area contributed by atoms with Gasteiger partial charge in [0.15, 0.2) is 0 Å². The fourth-order valence-corrected chi connectivity index (χ4v) is 5.91. The number of amides is 2. The first-order chi connectivity index (χ1) is 19.2. The van der Waals surface area contributed by atoms with Crippen molar-refractivity contribution in [2.45, 2.75) is 46.4 Å². The molecule has 5 rings (SSSR count). The zero-order valence-electron chi connectivity index (χ0n) is 23.4. The summed E-state index contributed by atoms with van der Waals surface area (Å²) in [6.07, 6.45) is 0.0726. The van der Waals surface area contributed by atoms with Crippen LogP contribution in [0.3, 0.4) is 0 Å². The second kappa shape index (κ2) is 12.0. The van der Waals surface area contributed by atoms with Crippen molar-refractivity contribution in [3.8, 4) is 11.3 Å². The largest absolute Gasteiger partial charge is 0.390 e. The Morgan fingerprint density at radius 1 is 1.05 bits per heavy atom. The van der Waals surface area contributed by atoms with Crippen LogP contribution in [0.15, 0.2) is 42.5 Å². The number of piperazine rings is 1. The first kappa shape index (κ1) is 28.1. The van der Waals surface area contributed by atoms with E-state index in [1.54, 1.807) is 13.0 Å². The summed E-state index contributed by atoms with van der Waals surface area (Å²) < 4.78 is 1.91. The van der Waals surface area contributed by atoms with Gasteiger partial charge in [-0.15, -0.1) is 0 Å². The zero-order valence-corrected chi connectivity index (χ0v) is 24.1. The summed E-state index contributed by atoms with van der Waals surface area (Å²) in [5, 5.41) is 19.3. The van der Waals surface area contributed by atoms with E-state index in [4.69, 9.17) is 16.7 Å². The maximum Gasteiger partial charge on any atom is 0.221 e. The van der Waals surface area contributed by atoms with Crippen molar-refractivity contribution < 1.29 is 14.7 Å². The first-order valence-electron chi connectivity index (χ1n) is 13.8. The number of aliphatic hydroxyl groups excluding tert-OH is 1. The molecular formula is C30H37ClN6O3. The molecule has 40 heavy (non-hydrogen) atoms. The highest BCUT2D eigenvalue weighted by Gasteiger charge is 2.28. The van der Waals surface area contributed by atoms with Gasteiger partial charge in [0.05, 0.1) is 29.1 Å². The van der Waals surface area contributed by atoms with Gasteiger partial charge >= 0.3 is 0 Å². The SMILES string of the molecule is CC(=O)Nc1cc(-c2nn(CC(O)CN3CCN(c4ccccc4C)CC3)c3c2CN(C(C)=O)CC3)ccc1Cl. The van der Waals surface area contributed by atoms with Crippen LogP contribution in [0.4, 0.5) is 11.4 Å². The molecule has 0 bridgehead atoms. The average Bonchev–Trinajstić information content (AvgIpc) is 3.28. The molecule has 3 aromatic rings. The predicted molar refractivity (Wildman–Crippen MR) is 158 cm³/mol. The standard InChI is InChI=1S/C30H37ClN6O3/c1-20-6-4-5-7-28(20)35-14-12-34(13-15-35)17-24(40)18-37-29-10-11-36(22(3)39)19-25(29)30(33-37)23-8-9-26(31)27(16-23)32-21(2)38/h4-9,16,24,40H,10-15,17-19H2,1-3H3,(H,32,38). The van der Waals surface area contributed by atoms with E-state index in [1.807, 2.05) is 21.7 Å². The number of rotatable bonds is 7. The van der Waals surface area contributed by atoms with Crippen molar-refractivity contribution in [2.75, 3.05) is 49.5 Å². The van der Waals surface area contributed by atoms with Crippen molar-refractivity contribution >= 4 is 34.8 Å². The number of hydrogen-bond acceptors (Lipinski definition) is 6. The number of aryl methyl sites for hydroxylation is 1. The Morgan fingerprint density at radius 3 is 2.50 bits per heavy atom. The maximum atomic E-state index is 12.2. The van der Waals surface area contributed by atoms with Crippen LogP contribution in [-0.2, 0) is 29.1 Å². The Morgan fingerprint density at radius 2 is 1.80 bits per heavy atom. The van der Waals surface area contributed by atoms with Gasteiger partial charge in [-0.25, -0.2) is 0 Å². The van der Waals surface area contributed by atoms with Crippen LogP contribution in [0.5, 0.6) is 0 Å². The third-order valence-electron chi connectivity index (χ3n) is 7.81. The lowest BCUT2D eigenvalue weighted by atomic mass is 10.0. The summed E-state index contributed by atoms with van der Waals surface area (Å²) in [7, 11) is 0. The number of aromatic nitrogens is 2. The minimum Gasteiger partial charge on any atom is -0.390 e. The number of anilines is 2.